The van der Waals surface area contributed by atoms with E-state index in [4.69, 9.17) is 9.47 Å². The van der Waals surface area contributed by atoms with Crippen molar-refractivity contribution in [3.8, 4) is 22.9 Å². The average Bonchev–Trinajstić information content (AvgIpc) is 3.28. The maximum absolute atomic E-state index is 12.4. The number of likely N-dealkylation sites (tertiary alicyclic amines) is 1. The van der Waals surface area contributed by atoms with Gasteiger partial charge in [0.2, 0.25) is 5.91 Å². The molecule has 156 valence electrons. The molecule has 0 unspecified atom stereocenters. The lowest BCUT2D eigenvalue weighted by atomic mass is 10.2. The van der Waals surface area contributed by atoms with E-state index >= 15 is 0 Å². The van der Waals surface area contributed by atoms with Gasteiger partial charge in [-0.2, -0.15) is 0 Å². The molecule has 1 aliphatic heterocycles. The van der Waals surface area contributed by atoms with Crippen LogP contribution < -0.4 is 15.0 Å². The highest BCUT2D eigenvalue weighted by molar-refractivity contribution is 5.76. The molecule has 3 rings (SSSR count). The monoisotopic (exact) mass is 400 g/mol. The number of benzene rings is 1. The van der Waals surface area contributed by atoms with E-state index in [0.717, 1.165) is 38.8 Å². The van der Waals surface area contributed by atoms with E-state index in [-0.39, 0.29) is 30.0 Å². The average molecular weight is 400 g/mol. The minimum Gasteiger partial charge on any atom is -0.493 e. The van der Waals surface area contributed by atoms with Crippen molar-refractivity contribution in [1.82, 2.24) is 20.1 Å². The lowest BCUT2D eigenvalue weighted by Crippen LogP contribution is -2.28. The second-order valence-corrected chi connectivity index (χ2v) is 7.10. The number of aryl methyl sites for hydroxylation is 1. The second-order valence-electron chi connectivity index (χ2n) is 7.10. The zero-order chi connectivity index (χ0) is 20.6. The lowest BCUT2D eigenvalue weighted by molar-refractivity contribution is -0.130. The number of nitrogens with one attached hydrogen (secondary N) is 1. The molecule has 1 fully saturated rings. The van der Waals surface area contributed by atoms with Crippen molar-refractivity contribution >= 4 is 5.91 Å². The highest BCUT2D eigenvalue weighted by Crippen LogP contribution is 2.31. The molecule has 8 heteroatoms. The number of H-pyrrole nitrogens is 1. The third-order valence-corrected chi connectivity index (χ3v) is 4.99. The molecule has 1 N–H and O–H groups in total. The Bertz CT molecular complexity index is 890. The summed E-state index contributed by atoms with van der Waals surface area (Å²) in [7, 11) is 1.57. The molecule has 0 atom stereocenters. The second kappa shape index (κ2) is 10.0. The van der Waals surface area contributed by atoms with Gasteiger partial charge in [0.15, 0.2) is 17.3 Å². The fraction of sp³-hybridized carbons (Fsp3) is 0.524. The maximum atomic E-state index is 12.4. The van der Waals surface area contributed by atoms with Crippen LogP contribution in [0.25, 0.3) is 11.4 Å². The van der Waals surface area contributed by atoms with Gasteiger partial charge < -0.3 is 19.4 Å². The molecule has 0 bridgehead atoms. The molecule has 0 saturated carbocycles. The zero-order valence-electron chi connectivity index (χ0n) is 17.1. The van der Waals surface area contributed by atoms with Gasteiger partial charge in [0.05, 0.1) is 13.7 Å². The molecule has 0 radical (unpaired) electrons. The number of unbranched alkanes of at least 4 members (excludes halogenated alkanes) is 1. The van der Waals surface area contributed by atoms with Crippen LogP contribution in [-0.2, 0) is 11.2 Å². The molecular weight excluding hydrogens is 372 g/mol. The Balaban J connectivity index is 1.68. The van der Waals surface area contributed by atoms with Crippen LogP contribution in [0, 0.1) is 0 Å². The third kappa shape index (κ3) is 5.34. The van der Waals surface area contributed by atoms with Gasteiger partial charge in [-0.3, -0.25) is 9.59 Å². The quantitative estimate of drug-likeness (QED) is 0.650. The topological polar surface area (TPSA) is 97.4 Å². The van der Waals surface area contributed by atoms with Gasteiger partial charge in [0.1, 0.15) is 5.69 Å². The largest absolute Gasteiger partial charge is 0.493 e. The number of hydrogen-bond donors (Lipinski definition) is 1. The first-order chi connectivity index (χ1) is 14.1. The smallest absolute Gasteiger partial charge is 0.273 e. The Hall–Kier alpha value is -2.90. The highest BCUT2D eigenvalue weighted by atomic mass is 16.5. The summed E-state index contributed by atoms with van der Waals surface area (Å²) in [6.07, 6.45) is 4.66. The first kappa shape index (κ1) is 20.8. The summed E-state index contributed by atoms with van der Waals surface area (Å²) in [4.78, 5) is 29.2. The summed E-state index contributed by atoms with van der Waals surface area (Å²) in [5.41, 5.74) is 0.619. The van der Waals surface area contributed by atoms with Crippen LogP contribution >= 0.6 is 0 Å². The van der Waals surface area contributed by atoms with Crippen LogP contribution in [0.15, 0.2) is 23.0 Å². The van der Waals surface area contributed by atoms with E-state index in [0.29, 0.717) is 29.5 Å². The number of rotatable bonds is 9. The normalized spacial score (nSPS) is 13.5. The third-order valence-electron chi connectivity index (χ3n) is 4.99. The van der Waals surface area contributed by atoms with Gasteiger partial charge >= 0.3 is 0 Å². The number of nitrogens with zero attached hydrogens (tertiary/aromatic N) is 3. The first-order valence-corrected chi connectivity index (χ1v) is 10.2. The molecule has 1 amide bonds. The van der Waals surface area contributed by atoms with Gasteiger partial charge in [-0.05, 0) is 37.5 Å². The summed E-state index contributed by atoms with van der Waals surface area (Å²) < 4.78 is 11.1. The van der Waals surface area contributed by atoms with Crippen molar-refractivity contribution in [3.05, 3.63) is 34.2 Å². The van der Waals surface area contributed by atoms with Crippen LogP contribution in [-0.4, -0.2) is 52.8 Å². The maximum Gasteiger partial charge on any atom is 0.273 e. The molecule has 0 aliphatic carbocycles. The molecule has 2 aromatic rings. The number of methoxy groups -OCH3 is 1. The Morgan fingerprint density at radius 1 is 1.21 bits per heavy atom. The summed E-state index contributed by atoms with van der Waals surface area (Å²) >= 11 is 0. The lowest BCUT2D eigenvalue weighted by Gasteiger charge is -2.14. The molecule has 8 nitrogen and oxygen atoms in total. The van der Waals surface area contributed by atoms with Gasteiger partial charge in [-0.25, -0.2) is 0 Å². The molecular formula is C21H28N4O4. The van der Waals surface area contributed by atoms with Crippen molar-refractivity contribution in [3.63, 3.8) is 0 Å². The molecule has 1 aromatic heterocycles. The highest BCUT2D eigenvalue weighted by Gasteiger charge is 2.18. The van der Waals surface area contributed by atoms with Crippen molar-refractivity contribution in [2.45, 2.75) is 45.4 Å². The molecule has 1 saturated heterocycles. The van der Waals surface area contributed by atoms with Crippen LogP contribution in [0.1, 0.15) is 44.7 Å². The molecule has 0 spiro atoms. The zero-order valence-corrected chi connectivity index (χ0v) is 17.1. The van der Waals surface area contributed by atoms with E-state index in [9.17, 15) is 9.59 Å². The van der Waals surface area contributed by atoms with E-state index < -0.39 is 0 Å². The predicted molar refractivity (Wildman–Crippen MR) is 109 cm³/mol. The molecule has 29 heavy (non-hydrogen) atoms. The summed E-state index contributed by atoms with van der Waals surface area (Å²) in [5, 5.41) is 8.19. The first-order valence-electron chi connectivity index (χ1n) is 10.2. The SMILES string of the molecule is CCCCOc1ccc(-c2nnc(CCC(=O)N3CCCC3)c(=O)[nH]2)cc1OC. The Morgan fingerprint density at radius 3 is 2.69 bits per heavy atom. The summed E-state index contributed by atoms with van der Waals surface area (Å²) in [6.45, 7) is 4.33. The number of aromatic nitrogens is 3. The number of aromatic amines is 1. The summed E-state index contributed by atoms with van der Waals surface area (Å²) in [5.74, 6) is 1.64. The van der Waals surface area contributed by atoms with Crippen molar-refractivity contribution in [1.29, 1.82) is 0 Å². The minimum absolute atomic E-state index is 0.0659. The fourth-order valence-electron chi connectivity index (χ4n) is 3.26. The van der Waals surface area contributed by atoms with E-state index in [1.165, 1.54) is 0 Å². The van der Waals surface area contributed by atoms with Crippen LogP contribution in [0.3, 0.4) is 0 Å². The van der Waals surface area contributed by atoms with Gasteiger partial charge in [-0.1, -0.05) is 13.3 Å². The van der Waals surface area contributed by atoms with Gasteiger partial charge in [0.25, 0.3) is 5.56 Å². The fourth-order valence-corrected chi connectivity index (χ4v) is 3.26. The Kier molecular flexibility index (Phi) is 7.21. The van der Waals surface area contributed by atoms with Crippen LogP contribution in [0.4, 0.5) is 0 Å². The van der Waals surface area contributed by atoms with Gasteiger partial charge in [-0.15, -0.1) is 10.2 Å². The summed E-state index contributed by atoms with van der Waals surface area (Å²) in [6, 6.07) is 5.37. The molecule has 2 heterocycles. The number of amides is 1. The van der Waals surface area contributed by atoms with Gasteiger partial charge in [0, 0.05) is 31.5 Å². The van der Waals surface area contributed by atoms with Crippen LogP contribution in [0.2, 0.25) is 0 Å². The number of hydrogen-bond acceptors (Lipinski definition) is 6. The Labute approximate surface area is 170 Å². The van der Waals surface area contributed by atoms with E-state index in [1.54, 1.807) is 25.3 Å². The van der Waals surface area contributed by atoms with Crippen molar-refractivity contribution < 1.29 is 14.3 Å². The standard InChI is InChI=1S/C21H28N4O4/c1-3-4-13-29-17-9-7-15(14-18(17)28-2)20-22-21(27)16(23-24-20)8-10-19(26)25-11-5-6-12-25/h7,9,14H,3-6,8,10-13H2,1-2H3,(H,22,24,27). The Morgan fingerprint density at radius 2 is 2.00 bits per heavy atom. The van der Waals surface area contributed by atoms with E-state index in [1.807, 2.05) is 4.90 Å². The number of carbonyl (C=O) groups excluding carboxylic acids is 1. The van der Waals surface area contributed by atoms with Crippen molar-refractivity contribution in [2.75, 3.05) is 26.8 Å². The number of carbonyl (C=O) groups is 1. The van der Waals surface area contributed by atoms with Crippen molar-refractivity contribution in [2.24, 2.45) is 0 Å². The predicted octanol–water partition coefficient (Wildman–Crippen LogP) is 2.57. The molecule has 1 aromatic carbocycles. The molecule has 1 aliphatic rings. The number of ether oxygens (including phenoxy) is 2. The van der Waals surface area contributed by atoms with Crippen LogP contribution in [0.5, 0.6) is 11.5 Å². The van der Waals surface area contributed by atoms with E-state index in [2.05, 4.69) is 22.1 Å². The minimum atomic E-state index is -0.327.